The minimum atomic E-state index is 0.129. The van der Waals surface area contributed by atoms with Gasteiger partial charge in [-0.25, -0.2) is 0 Å². The molecule has 0 radical (unpaired) electrons. The zero-order valence-corrected chi connectivity index (χ0v) is 7.86. The van der Waals surface area contributed by atoms with Gasteiger partial charge < -0.3 is 10.6 Å². The molecule has 0 heterocycles. The maximum absolute atomic E-state index is 3.75. The molecule has 0 rings (SSSR count). The van der Waals surface area contributed by atoms with Gasteiger partial charge in [0.15, 0.2) is 0 Å². The first kappa shape index (κ1) is 10.1. The molecule has 0 fully saturated rings. The van der Waals surface area contributed by atoms with Gasteiger partial charge in [0.25, 0.3) is 0 Å². The molecule has 0 unspecified atom stereocenters. The Morgan fingerprint density at radius 3 is 2.27 bits per heavy atom. The van der Waals surface area contributed by atoms with Crippen molar-refractivity contribution < 1.29 is 0 Å². The van der Waals surface area contributed by atoms with Gasteiger partial charge in [-0.2, -0.15) is 0 Å². The van der Waals surface area contributed by atoms with Crippen LogP contribution in [-0.2, 0) is 0 Å². The maximum atomic E-state index is 3.75. The number of allylic oxidation sites excluding steroid dienone is 1. The second kappa shape index (κ2) is 4.06. The maximum Gasteiger partial charge on any atom is 0.0283 e. The summed E-state index contributed by atoms with van der Waals surface area (Å²) in [4.78, 5) is 0. The van der Waals surface area contributed by atoms with Crippen molar-refractivity contribution >= 4 is 0 Å². The van der Waals surface area contributed by atoms with Crippen LogP contribution in [0.4, 0.5) is 0 Å². The molecule has 2 nitrogen and oxygen atoms in total. The van der Waals surface area contributed by atoms with E-state index in [9.17, 15) is 0 Å². The lowest BCUT2D eigenvalue weighted by Crippen LogP contribution is -2.31. The van der Waals surface area contributed by atoms with Gasteiger partial charge in [-0.15, -0.1) is 0 Å². The number of rotatable bonds is 3. The fraction of sp³-hybridized carbons (Fsp3) is 0.556. The number of nitrogens with one attached hydrogen (secondary N) is 2. The zero-order chi connectivity index (χ0) is 8.91. The lowest BCUT2D eigenvalue weighted by molar-refractivity contribution is 0.491. The molecule has 11 heavy (non-hydrogen) atoms. The van der Waals surface area contributed by atoms with Crippen LogP contribution in [0.25, 0.3) is 0 Å². The number of hydrogen-bond acceptors (Lipinski definition) is 2. The van der Waals surface area contributed by atoms with E-state index in [-0.39, 0.29) is 5.54 Å². The summed E-state index contributed by atoms with van der Waals surface area (Å²) < 4.78 is 0. The summed E-state index contributed by atoms with van der Waals surface area (Å²) >= 11 is 0. The molecule has 0 saturated carbocycles. The molecule has 0 aromatic heterocycles. The first-order chi connectivity index (χ1) is 4.95. The van der Waals surface area contributed by atoms with E-state index >= 15 is 0 Å². The predicted octanol–water partition coefficient (Wildman–Crippen LogP) is 1.62. The SMILES string of the molecule is C=C(/C=C\NC(C)(C)C)NC. The molecule has 0 aliphatic heterocycles. The van der Waals surface area contributed by atoms with Crippen LogP contribution < -0.4 is 10.6 Å². The van der Waals surface area contributed by atoms with Gasteiger partial charge >= 0.3 is 0 Å². The van der Waals surface area contributed by atoms with Crippen LogP contribution in [0, 0.1) is 0 Å². The molecular formula is C9H18N2. The van der Waals surface area contributed by atoms with E-state index in [1.165, 1.54) is 0 Å². The molecule has 0 saturated heterocycles. The molecule has 0 amide bonds. The molecule has 64 valence electrons. The first-order valence-corrected chi connectivity index (χ1v) is 3.76. The quantitative estimate of drug-likeness (QED) is 0.604. The van der Waals surface area contributed by atoms with Crippen molar-refractivity contribution in [2.45, 2.75) is 26.3 Å². The van der Waals surface area contributed by atoms with Gasteiger partial charge in [-0.1, -0.05) is 6.58 Å². The van der Waals surface area contributed by atoms with E-state index in [1.54, 1.807) is 0 Å². The molecule has 0 bridgehead atoms. The highest BCUT2D eigenvalue weighted by Crippen LogP contribution is 1.97. The van der Waals surface area contributed by atoms with Gasteiger partial charge in [0, 0.05) is 18.3 Å². The van der Waals surface area contributed by atoms with Gasteiger partial charge in [0.2, 0.25) is 0 Å². The Kier molecular flexibility index (Phi) is 3.72. The Balaban J connectivity index is 3.70. The Morgan fingerprint density at radius 1 is 1.36 bits per heavy atom. The molecule has 0 spiro atoms. The van der Waals surface area contributed by atoms with Crippen molar-refractivity contribution in [3.05, 3.63) is 24.6 Å². The van der Waals surface area contributed by atoms with E-state index in [1.807, 2.05) is 19.3 Å². The highest BCUT2D eigenvalue weighted by atomic mass is 14.9. The molecule has 2 heteroatoms. The molecule has 0 aliphatic rings. The Labute approximate surface area is 69.4 Å². The van der Waals surface area contributed by atoms with E-state index in [0.717, 1.165) is 5.70 Å². The third kappa shape index (κ3) is 6.97. The van der Waals surface area contributed by atoms with Crippen LogP contribution in [0.2, 0.25) is 0 Å². The summed E-state index contributed by atoms with van der Waals surface area (Å²) in [5.74, 6) is 0. The lowest BCUT2D eigenvalue weighted by Gasteiger charge is -2.18. The van der Waals surface area contributed by atoms with Crippen LogP contribution in [-0.4, -0.2) is 12.6 Å². The molecule has 2 N–H and O–H groups in total. The summed E-state index contributed by atoms with van der Waals surface area (Å²) in [6, 6.07) is 0. The third-order valence-corrected chi connectivity index (χ3v) is 1.12. The molecule has 0 aromatic carbocycles. The first-order valence-electron chi connectivity index (χ1n) is 3.76. The monoisotopic (exact) mass is 154 g/mol. The summed E-state index contributed by atoms with van der Waals surface area (Å²) in [6.07, 6.45) is 3.81. The normalized spacial score (nSPS) is 11.6. The largest absolute Gasteiger partial charge is 0.389 e. The van der Waals surface area contributed by atoms with Gasteiger partial charge in [0.1, 0.15) is 0 Å². The third-order valence-electron chi connectivity index (χ3n) is 1.12. The Bertz CT molecular complexity index is 151. The van der Waals surface area contributed by atoms with Crippen molar-refractivity contribution in [3.63, 3.8) is 0 Å². The van der Waals surface area contributed by atoms with Crippen molar-refractivity contribution in [2.75, 3.05) is 7.05 Å². The lowest BCUT2D eigenvalue weighted by atomic mass is 10.1. The fourth-order valence-corrected chi connectivity index (χ4v) is 0.476. The predicted molar refractivity (Wildman–Crippen MR) is 50.2 cm³/mol. The van der Waals surface area contributed by atoms with Crippen molar-refractivity contribution in [2.24, 2.45) is 0 Å². The topological polar surface area (TPSA) is 24.1 Å². The van der Waals surface area contributed by atoms with Crippen LogP contribution in [0.5, 0.6) is 0 Å². The smallest absolute Gasteiger partial charge is 0.0283 e. The minimum absolute atomic E-state index is 0.129. The standard InChI is InChI=1S/C9H18N2/c1-8(10-5)6-7-11-9(2,3)4/h6-7,10-11H,1H2,2-5H3/b7-6-. The van der Waals surface area contributed by atoms with Gasteiger partial charge in [-0.05, 0) is 33.0 Å². The summed E-state index contributed by atoms with van der Waals surface area (Å²) in [7, 11) is 1.85. The second-order valence-corrected chi connectivity index (χ2v) is 3.50. The Morgan fingerprint density at radius 2 is 1.91 bits per heavy atom. The zero-order valence-electron chi connectivity index (χ0n) is 7.86. The van der Waals surface area contributed by atoms with Crippen molar-refractivity contribution in [1.82, 2.24) is 10.6 Å². The van der Waals surface area contributed by atoms with Crippen molar-refractivity contribution in [3.8, 4) is 0 Å². The molecule has 0 atom stereocenters. The second-order valence-electron chi connectivity index (χ2n) is 3.50. The number of hydrogen-bond donors (Lipinski definition) is 2. The summed E-state index contributed by atoms with van der Waals surface area (Å²) in [5, 5.41) is 6.14. The highest BCUT2D eigenvalue weighted by Gasteiger charge is 2.03. The van der Waals surface area contributed by atoms with E-state index in [0.29, 0.717) is 0 Å². The van der Waals surface area contributed by atoms with Crippen molar-refractivity contribution in [1.29, 1.82) is 0 Å². The molecular weight excluding hydrogens is 136 g/mol. The van der Waals surface area contributed by atoms with Crippen LogP contribution in [0.3, 0.4) is 0 Å². The number of likely N-dealkylation sites (N-methyl/N-ethyl adjacent to an activating group) is 1. The fourth-order valence-electron chi connectivity index (χ4n) is 0.476. The van der Waals surface area contributed by atoms with E-state index in [4.69, 9.17) is 0 Å². The highest BCUT2D eigenvalue weighted by molar-refractivity contribution is 5.11. The minimum Gasteiger partial charge on any atom is -0.389 e. The van der Waals surface area contributed by atoms with Gasteiger partial charge in [0.05, 0.1) is 0 Å². The van der Waals surface area contributed by atoms with Crippen LogP contribution >= 0.6 is 0 Å². The van der Waals surface area contributed by atoms with Crippen LogP contribution in [0.15, 0.2) is 24.6 Å². The average molecular weight is 154 g/mol. The van der Waals surface area contributed by atoms with Gasteiger partial charge in [-0.3, -0.25) is 0 Å². The molecule has 0 aliphatic carbocycles. The van der Waals surface area contributed by atoms with E-state index < -0.39 is 0 Å². The Hall–Kier alpha value is -0.920. The average Bonchev–Trinajstić information content (AvgIpc) is 1.85. The summed E-state index contributed by atoms with van der Waals surface area (Å²) in [5.41, 5.74) is 1.03. The van der Waals surface area contributed by atoms with E-state index in [2.05, 4.69) is 38.0 Å². The molecule has 0 aromatic rings. The summed E-state index contributed by atoms with van der Waals surface area (Å²) in [6.45, 7) is 10.1. The van der Waals surface area contributed by atoms with Crippen LogP contribution in [0.1, 0.15) is 20.8 Å².